The third-order valence-corrected chi connectivity index (χ3v) is 2.00. The molecule has 21 heavy (non-hydrogen) atoms. The van der Waals surface area contributed by atoms with Crippen LogP contribution in [0.4, 0.5) is 8.78 Å². The molecule has 0 amide bonds. The van der Waals surface area contributed by atoms with Crippen LogP contribution < -0.4 is 0 Å². The van der Waals surface area contributed by atoms with E-state index in [2.05, 4.69) is 0 Å². The average Bonchev–Trinajstić information content (AvgIpc) is 2.36. The van der Waals surface area contributed by atoms with Crippen LogP contribution in [-0.4, -0.2) is 49.6 Å². The lowest BCUT2D eigenvalue weighted by molar-refractivity contribution is -0.837. The number of halogens is 2. The normalized spacial score (nSPS) is 11.5. The lowest BCUT2D eigenvalue weighted by Crippen LogP contribution is -2.55. The van der Waals surface area contributed by atoms with Gasteiger partial charge < -0.3 is 0 Å². The first kappa shape index (κ1) is 17.9. The highest BCUT2D eigenvalue weighted by atomic mass is 19.2. The van der Waals surface area contributed by atoms with E-state index in [9.17, 15) is 54.1 Å². The largest absolute Gasteiger partial charge is 0.633 e. The molecule has 0 saturated heterocycles. The molecule has 0 rings (SSSR count). The molecular weight excluding hydrogens is 314 g/mol. The van der Waals surface area contributed by atoms with Crippen molar-refractivity contribution in [1.29, 1.82) is 0 Å². The summed E-state index contributed by atoms with van der Waals surface area (Å²) in [6.45, 7) is -4.35. The van der Waals surface area contributed by atoms with E-state index in [0.29, 0.717) is 0 Å². The van der Waals surface area contributed by atoms with Gasteiger partial charge in [-0.15, -0.1) is 4.91 Å². The molecule has 0 spiro atoms. The van der Waals surface area contributed by atoms with E-state index < -0.39 is 49.6 Å². The highest BCUT2D eigenvalue weighted by molar-refractivity contribution is 4.65. The van der Waals surface area contributed by atoms with E-state index in [1.54, 1.807) is 5.29 Å². The lowest BCUT2D eigenvalue weighted by Gasteiger charge is -2.17. The number of rotatable bonds is 9. The molecule has 15 nitrogen and oxygen atoms in total. The summed E-state index contributed by atoms with van der Waals surface area (Å²) in [5.74, 6) is -9.13. The summed E-state index contributed by atoms with van der Waals surface area (Å²) in [5, 5.41) is 41.8. The van der Waals surface area contributed by atoms with Gasteiger partial charge in [0.1, 0.15) is 19.7 Å². The summed E-state index contributed by atoms with van der Waals surface area (Å²) < 4.78 is 26.7. The zero-order valence-electron chi connectivity index (χ0n) is 9.53. The second-order valence-corrected chi connectivity index (χ2v) is 3.37. The van der Waals surface area contributed by atoms with Crippen molar-refractivity contribution in [3.8, 4) is 0 Å². The van der Waals surface area contributed by atoms with Crippen LogP contribution in [0.15, 0.2) is 5.29 Å². The second-order valence-electron chi connectivity index (χ2n) is 3.37. The van der Waals surface area contributed by atoms with Gasteiger partial charge in [-0.2, -0.15) is 0 Å². The van der Waals surface area contributed by atoms with Crippen LogP contribution in [0.3, 0.4) is 0 Å². The third-order valence-electron chi connectivity index (χ3n) is 2.00. The van der Waals surface area contributed by atoms with Crippen molar-refractivity contribution < 1.29 is 28.5 Å². The second kappa shape index (κ2) is 5.88. The van der Waals surface area contributed by atoms with Crippen molar-refractivity contribution in [2.24, 2.45) is 5.29 Å². The van der Waals surface area contributed by atoms with Crippen molar-refractivity contribution in [2.45, 2.75) is 11.8 Å². The van der Waals surface area contributed by atoms with E-state index in [1.807, 2.05) is 0 Å². The molecular formula is C4H4F2N6O9. The molecule has 0 aromatic heterocycles. The minimum Gasteiger partial charge on any atom is -0.256 e. The van der Waals surface area contributed by atoms with Crippen LogP contribution in [0, 0.1) is 45.4 Å². The molecule has 0 atom stereocenters. The number of nitroso groups, excluding NO2 is 1. The van der Waals surface area contributed by atoms with Crippen LogP contribution in [0.25, 0.3) is 0 Å². The fraction of sp³-hybridized carbons (Fsp3) is 1.00. The number of alkyl halides is 2. The summed E-state index contributed by atoms with van der Waals surface area (Å²) in [6, 6.07) is 0. The SMILES string of the molecule is O=NN(CC(F)([N+](=O)[O-])[N+](=O)[O-])CC(F)([N+](=O)[O-])[N+](=O)[O-]. The summed E-state index contributed by atoms with van der Waals surface area (Å²) in [7, 11) is 0. The van der Waals surface area contributed by atoms with Gasteiger partial charge in [-0.3, -0.25) is 40.5 Å². The average molecular weight is 318 g/mol. The Kier molecular flexibility index (Phi) is 5.00. The van der Waals surface area contributed by atoms with E-state index in [0.717, 1.165) is 0 Å². The predicted molar refractivity (Wildman–Crippen MR) is 53.0 cm³/mol. The maximum Gasteiger partial charge on any atom is 0.633 e. The topological polar surface area (TPSA) is 205 Å². The molecule has 118 valence electrons. The Bertz CT molecular complexity index is 429. The van der Waals surface area contributed by atoms with Crippen molar-refractivity contribution in [3.63, 3.8) is 0 Å². The van der Waals surface area contributed by atoms with Gasteiger partial charge in [-0.1, -0.05) is 8.78 Å². The molecule has 0 aromatic rings. The first-order valence-electron chi connectivity index (χ1n) is 4.46. The predicted octanol–water partition coefficient (Wildman–Crippen LogP) is -0.677. The van der Waals surface area contributed by atoms with Crippen LogP contribution in [0.2, 0.25) is 0 Å². The van der Waals surface area contributed by atoms with Gasteiger partial charge in [-0.05, 0) is 0 Å². The molecule has 0 unspecified atom stereocenters. The van der Waals surface area contributed by atoms with Crippen molar-refractivity contribution in [1.82, 2.24) is 5.01 Å². The zero-order valence-corrected chi connectivity index (χ0v) is 9.53. The van der Waals surface area contributed by atoms with Gasteiger partial charge in [0.2, 0.25) is 13.1 Å². The van der Waals surface area contributed by atoms with Crippen molar-refractivity contribution in [3.05, 3.63) is 45.4 Å². The zero-order chi connectivity index (χ0) is 17.0. The van der Waals surface area contributed by atoms with Crippen LogP contribution >= 0.6 is 0 Å². The molecule has 0 bridgehead atoms. The Morgan fingerprint density at radius 1 is 0.810 bits per heavy atom. The van der Waals surface area contributed by atoms with Crippen LogP contribution in [0.1, 0.15) is 0 Å². The fourth-order valence-corrected chi connectivity index (χ4v) is 0.942. The first-order valence-corrected chi connectivity index (χ1v) is 4.46. The van der Waals surface area contributed by atoms with E-state index in [1.165, 1.54) is 0 Å². The summed E-state index contributed by atoms with van der Waals surface area (Å²) >= 11 is 0. The maximum atomic E-state index is 13.4. The summed E-state index contributed by atoms with van der Waals surface area (Å²) in [5.41, 5.74) is 0. The Balaban J connectivity index is 5.42. The summed E-state index contributed by atoms with van der Waals surface area (Å²) in [4.78, 5) is 42.5. The van der Waals surface area contributed by atoms with Gasteiger partial charge >= 0.3 is 11.8 Å². The maximum absolute atomic E-state index is 13.4. The van der Waals surface area contributed by atoms with Crippen molar-refractivity contribution >= 4 is 0 Å². The molecule has 0 saturated carbocycles. The smallest absolute Gasteiger partial charge is 0.256 e. The molecule has 0 fully saturated rings. The molecule has 0 aliphatic rings. The monoisotopic (exact) mass is 318 g/mol. The molecule has 0 heterocycles. The molecule has 0 aliphatic carbocycles. The van der Waals surface area contributed by atoms with Gasteiger partial charge in [0.05, 0.1) is 5.29 Å². The van der Waals surface area contributed by atoms with E-state index >= 15 is 0 Å². The van der Waals surface area contributed by atoms with Crippen LogP contribution in [0.5, 0.6) is 0 Å². The van der Waals surface area contributed by atoms with Gasteiger partial charge in [0, 0.05) is 0 Å². The first-order chi connectivity index (χ1) is 9.41. The molecule has 17 heteroatoms. The molecule has 0 N–H and O–H groups in total. The Morgan fingerprint density at radius 2 is 1.05 bits per heavy atom. The highest BCUT2D eigenvalue weighted by Crippen LogP contribution is 2.20. The number of nitro groups is 4. The van der Waals surface area contributed by atoms with Gasteiger partial charge in [0.25, 0.3) is 0 Å². The fourth-order valence-electron chi connectivity index (χ4n) is 0.942. The van der Waals surface area contributed by atoms with E-state index in [-0.39, 0.29) is 0 Å². The number of hydrogen-bond donors (Lipinski definition) is 0. The quantitative estimate of drug-likeness (QED) is 0.172. The lowest BCUT2D eigenvalue weighted by atomic mass is 10.4. The number of nitrogens with zero attached hydrogens (tertiary/aromatic N) is 6. The van der Waals surface area contributed by atoms with Gasteiger partial charge in [0.15, 0.2) is 0 Å². The summed E-state index contributed by atoms with van der Waals surface area (Å²) in [6.07, 6.45) is 0. The van der Waals surface area contributed by atoms with Crippen LogP contribution in [-0.2, 0) is 0 Å². The van der Waals surface area contributed by atoms with Gasteiger partial charge in [-0.25, -0.2) is 5.01 Å². The molecule has 0 aromatic carbocycles. The molecule has 0 radical (unpaired) electrons. The molecule has 0 aliphatic heterocycles. The minimum absolute atomic E-state index is 0.739. The Hall–Kier alpha value is -3.14. The standard InChI is InChI=1S/C4H4F2N6O9/c5-3(9(14)15,10(16)17)1-8(7-13)2-4(6,11(18)19)12(20)21/h1-2H2. The third kappa shape index (κ3) is 3.45. The van der Waals surface area contributed by atoms with E-state index in [4.69, 9.17) is 0 Å². The van der Waals surface area contributed by atoms with Crippen molar-refractivity contribution in [2.75, 3.05) is 13.1 Å². The minimum atomic E-state index is -4.57. The Morgan fingerprint density at radius 3 is 1.19 bits per heavy atom. The highest BCUT2D eigenvalue weighted by Gasteiger charge is 2.65. The number of hydrogen-bond acceptors (Lipinski definition) is 10. The Labute approximate surface area is 110 Å².